The highest BCUT2D eigenvalue weighted by molar-refractivity contribution is 5.78. The van der Waals surface area contributed by atoms with Crippen molar-refractivity contribution >= 4 is 17.1 Å². The summed E-state index contributed by atoms with van der Waals surface area (Å²) in [5, 5.41) is 10.5. The van der Waals surface area contributed by atoms with Crippen molar-refractivity contribution in [3.05, 3.63) is 24.0 Å². The highest BCUT2D eigenvalue weighted by Crippen LogP contribution is 2.12. The summed E-state index contributed by atoms with van der Waals surface area (Å²) < 4.78 is 5.14. The molecule has 2 aromatic rings. The predicted molar refractivity (Wildman–Crippen MR) is 67.0 cm³/mol. The molecule has 2 rings (SSSR count). The van der Waals surface area contributed by atoms with Gasteiger partial charge in [-0.3, -0.25) is 5.10 Å². The van der Waals surface area contributed by atoms with Crippen LogP contribution in [0, 0.1) is 0 Å². The zero-order chi connectivity index (χ0) is 13.2. The number of rotatable bonds is 2. The minimum Gasteiger partial charge on any atom is -0.444 e. The molecular formula is C12H16N4O2. The molecule has 0 atom stereocenters. The minimum atomic E-state index is -0.501. The Morgan fingerprint density at radius 1 is 1.50 bits per heavy atom. The van der Waals surface area contributed by atoms with Gasteiger partial charge in [-0.15, -0.1) is 0 Å². The first-order valence-corrected chi connectivity index (χ1v) is 5.70. The van der Waals surface area contributed by atoms with Gasteiger partial charge >= 0.3 is 6.09 Å². The molecule has 0 fully saturated rings. The number of alkyl carbamates (subject to hydrolysis) is 1. The maximum atomic E-state index is 11.5. The van der Waals surface area contributed by atoms with Crippen molar-refractivity contribution in [2.75, 3.05) is 0 Å². The lowest BCUT2D eigenvalue weighted by molar-refractivity contribution is 0.0523. The molecular weight excluding hydrogens is 232 g/mol. The Bertz CT molecular complexity index is 556. The summed E-state index contributed by atoms with van der Waals surface area (Å²) >= 11 is 0. The SMILES string of the molecule is CC(C)(C)OC(=O)NCc1n[nH]c2ncccc12. The molecule has 0 bridgehead atoms. The maximum Gasteiger partial charge on any atom is 0.407 e. The number of ether oxygens (including phenoxy) is 1. The van der Waals surface area contributed by atoms with Gasteiger partial charge in [0.2, 0.25) is 0 Å². The molecule has 0 aliphatic heterocycles. The van der Waals surface area contributed by atoms with Gasteiger partial charge in [-0.1, -0.05) is 0 Å². The number of H-pyrrole nitrogens is 1. The largest absolute Gasteiger partial charge is 0.444 e. The van der Waals surface area contributed by atoms with E-state index in [0.29, 0.717) is 12.2 Å². The summed E-state index contributed by atoms with van der Waals surface area (Å²) in [6.45, 7) is 5.77. The van der Waals surface area contributed by atoms with Gasteiger partial charge < -0.3 is 10.1 Å². The minimum absolute atomic E-state index is 0.306. The number of hydrogen-bond acceptors (Lipinski definition) is 4. The van der Waals surface area contributed by atoms with Crippen LogP contribution in [-0.4, -0.2) is 26.9 Å². The van der Waals surface area contributed by atoms with E-state index in [0.717, 1.165) is 11.1 Å². The smallest absolute Gasteiger partial charge is 0.407 e. The first-order chi connectivity index (χ1) is 8.46. The van der Waals surface area contributed by atoms with Crippen molar-refractivity contribution in [2.24, 2.45) is 0 Å². The van der Waals surface area contributed by atoms with Gasteiger partial charge in [0.25, 0.3) is 0 Å². The number of hydrogen-bond donors (Lipinski definition) is 2. The lowest BCUT2D eigenvalue weighted by atomic mass is 10.2. The Balaban J connectivity index is 2.00. The van der Waals surface area contributed by atoms with Crippen molar-refractivity contribution in [3.8, 4) is 0 Å². The first kappa shape index (κ1) is 12.3. The third-order valence-corrected chi connectivity index (χ3v) is 2.21. The van der Waals surface area contributed by atoms with Crippen molar-refractivity contribution in [1.82, 2.24) is 20.5 Å². The van der Waals surface area contributed by atoms with Gasteiger partial charge in [-0.25, -0.2) is 9.78 Å². The third-order valence-electron chi connectivity index (χ3n) is 2.21. The number of amides is 1. The lowest BCUT2D eigenvalue weighted by Crippen LogP contribution is -2.32. The Kier molecular flexibility index (Phi) is 3.18. The molecule has 0 unspecified atom stereocenters. The second-order valence-electron chi connectivity index (χ2n) is 4.93. The lowest BCUT2D eigenvalue weighted by Gasteiger charge is -2.19. The Hall–Kier alpha value is -2.11. The Morgan fingerprint density at radius 2 is 2.28 bits per heavy atom. The fourth-order valence-electron chi connectivity index (χ4n) is 1.51. The zero-order valence-corrected chi connectivity index (χ0v) is 10.7. The Morgan fingerprint density at radius 3 is 3.00 bits per heavy atom. The van der Waals surface area contributed by atoms with E-state index >= 15 is 0 Å². The molecule has 0 aliphatic rings. The standard InChI is InChI=1S/C12H16N4O2/c1-12(2,3)18-11(17)14-7-9-8-5-4-6-13-10(8)16-15-9/h4-6H,7H2,1-3H3,(H,14,17)(H,13,15,16). The van der Waals surface area contributed by atoms with E-state index in [1.165, 1.54) is 0 Å². The third kappa shape index (κ3) is 2.97. The number of aromatic nitrogens is 3. The highest BCUT2D eigenvalue weighted by Gasteiger charge is 2.16. The molecule has 0 radical (unpaired) electrons. The summed E-state index contributed by atoms with van der Waals surface area (Å²) in [5.41, 5.74) is 0.946. The molecule has 96 valence electrons. The van der Waals surface area contributed by atoms with Gasteiger partial charge in [0, 0.05) is 11.6 Å². The van der Waals surface area contributed by atoms with Crippen LogP contribution >= 0.6 is 0 Å². The van der Waals surface area contributed by atoms with Crippen LogP contribution in [0.4, 0.5) is 4.79 Å². The average Bonchev–Trinajstić information content (AvgIpc) is 2.67. The van der Waals surface area contributed by atoms with E-state index in [1.807, 2.05) is 32.9 Å². The molecule has 2 heterocycles. The van der Waals surface area contributed by atoms with Crippen LogP contribution in [0.2, 0.25) is 0 Å². The quantitative estimate of drug-likeness (QED) is 0.851. The predicted octanol–water partition coefficient (Wildman–Crippen LogP) is 1.98. The van der Waals surface area contributed by atoms with Crippen LogP contribution in [0.15, 0.2) is 18.3 Å². The van der Waals surface area contributed by atoms with E-state index in [-0.39, 0.29) is 0 Å². The first-order valence-electron chi connectivity index (χ1n) is 5.70. The fraction of sp³-hybridized carbons (Fsp3) is 0.417. The fourth-order valence-corrected chi connectivity index (χ4v) is 1.51. The number of aromatic amines is 1. The number of nitrogens with zero attached hydrogens (tertiary/aromatic N) is 2. The van der Waals surface area contributed by atoms with Gasteiger partial charge in [0.15, 0.2) is 5.65 Å². The molecule has 0 saturated carbocycles. The van der Waals surface area contributed by atoms with Crippen molar-refractivity contribution in [1.29, 1.82) is 0 Å². The summed E-state index contributed by atoms with van der Waals surface area (Å²) in [4.78, 5) is 15.6. The zero-order valence-electron chi connectivity index (χ0n) is 10.7. The summed E-state index contributed by atoms with van der Waals surface area (Å²) in [6, 6.07) is 3.73. The summed E-state index contributed by atoms with van der Waals surface area (Å²) in [6.07, 6.45) is 1.23. The maximum absolute atomic E-state index is 11.5. The van der Waals surface area contributed by atoms with Crippen LogP contribution in [0.3, 0.4) is 0 Å². The molecule has 2 aromatic heterocycles. The molecule has 0 aliphatic carbocycles. The molecule has 0 spiro atoms. The number of carbonyl (C=O) groups excluding carboxylic acids is 1. The van der Waals surface area contributed by atoms with E-state index in [4.69, 9.17) is 4.74 Å². The average molecular weight is 248 g/mol. The van der Waals surface area contributed by atoms with Gasteiger partial charge in [-0.2, -0.15) is 5.10 Å². The molecule has 2 N–H and O–H groups in total. The van der Waals surface area contributed by atoms with Gasteiger partial charge in [0.1, 0.15) is 5.60 Å². The summed E-state index contributed by atoms with van der Waals surface area (Å²) in [5.74, 6) is 0. The van der Waals surface area contributed by atoms with E-state index in [1.54, 1.807) is 6.20 Å². The molecule has 0 aromatic carbocycles. The van der Waals surface area contributed by atoms with Crippen LogP contribution in [0.5, 0.6) is 0 Å². The molecule has 1 amide bonds. The Labute approximate surface area is 105 Å². The molecule has 6 heteroatoms. The highest BCUT2D eigenvalue weighted by atomic mass is 16.6. The van der Waals surface area contributed by atoms with E-state index in [2.05, 4.69) is 20.5 Å². The summed E-state index contributed by atoms with van der Waals surface area (Å²) in [7, 11) is 0. The second kappa shape index (κ2) is 4.64. The molecule has 0 saturated heterocycles. The number of fused-ring (bicyclic) bond motifs is 1. The number of nitrogens with one attached hydrogen (secondary N) is 2. The number of pyridine rings is 1. The van der Waals surface area contributed by atoms with Crippen LogP contribution in [0.25, 0.3) is 11.0 Å². The van der Waals surface area contributed by atoms with Crippen molar-refractivity contribution in [2.45, 2.75) is 32.9 Å². The topological polar surface area (TPSA) is 79.9 Å². The van der Waals surface area contributed by atoms with E-state index in [9.17, 15) is 4.79 Å². The van der Waals surface area contributed by atoms with Crippen molar-refractivity contribution in [3.63, 3.8) is 0 Å². The molecule has 6 nitrogen and oxygen atoms in total. The van der Waals surface area contributed by atoms with E-state index < -0.39 is 11.7 Å². The molecule has 18 heavy (non-hydrogen) atoms. The van der Waals surface area contributed by atoms with Crippen LogP contribution < -0.4 is 5.32 Å². The normalized spacial score (nSPS) is 11.5. The van der Waals surface area contributed by atoms with Gasteiger partial charge in [0.05, 0.1) is 12.2 Å². The van der Waals surface area contributed by atoms with Gasteiger partial charge in [-0.05, 0) is 32.9 Å². The number of carbonyl (C=O) groups is 1. The van der Waals surface area contributed by atoms with Crippen LogP contribution in [0.1, 0.15) is 26.5 Å². The van der Waals surface area contributed by atoms with Crippen molar-refractivity contribution < 1.29 is 9.53 Å². The second-order valence-corrected chi connectivity index (χ2v) is 4.93. The van der Waals surface area contributed by atoms with Crippen LogP contribution in [-0.2, 0) is 11.3 Å². The monoisotopic (exact) mass is 248 g/mol.